The smallest absolute Gasteiger partial charge is 0.137 e. The summed E-state index contributed by atoms with van der Waals surface area (Å²) >= 11 is 3.23. The molecule has 3 unspecified atom stereocenters. The van der Waals surface area contributed by atoms with Crippen LogP contribution in [0.1, 0.15) is 38.5 Å². The van der Waals surface area contributed by atoms with Crippen molar-refractivity contribution in [1.29, 1.82) is 5.26 Å². The molecule has 0 spiro atoms. The summed E-state index contributed by atoms with van der Waals surface area (Å²) in [5.74, 6) is 0.614. The highest BCUT2D eigenvalue weighted by Gasteiger charge is 2.43. The summed E-state index contributed by atoms with van der Waals surface area (Å²) in [6, 6.07) is 7.57. The molecule has 1 N–H and O–H groups in total. The molecule has 2 saturated carbocycles. The number of hydrogen-bond acceptors (Lipinski definition) is 2. The van der Waals surface area contributed by atoms with Crippen LogP contribution in [0.3, 0.4) is 0 Å². The summed E-state index contributed by atoms with van der Waals surface area (Å²) in [6.07, 6.45) is 7.03. The summed E-state index contributed by atoms with van der Waals surface area (Å²) in [6.45, 7) is 0.930. The molecule has 1 aromatic carbocycles. The van der Waals surface area contributed by atoms with Crippen LogP contribution in [0.15, 0.2) is 22.7 Å². The SMILES string of the molecule is N#CC1CCC2(CNc3ccc(F)c(Br)c3)CCCC1C2. The van der Waals surface area contributed by atoms with E-state index in [-0.39, 0.29) is 11.7 Å². The molecule has 2 fully saturated rings. The highest BCUT2D eigenvalue weighted by Crippen LogP contribution is 2.51. The Kier molecular flexibility index (Phi) is 4.21. The minimum Gasteiger partial charge on any atom is -0.384 e. The third-order valence-electron chi connectivity index (χ3n) is 5.28. The normalized spacial score (nSPS) is 31.5. The maximum atomic E-state index is 13.3. The summed E-state index contributed by atoms with van der Waals surface area (Å²) in [5.41, 5.74) is 1.29. The van der Waals surface area contributed by atoms with Gasteiger partial charge in [-0.1, -0.05) is 6.42 Å². The van der Waals surface area contributed by atoms with Gasteiger partial charge in [-0.05, 0) is 77.6 Å². The Hall–Kier alpha value is -1.08. The highest BCUT2D eigenvalue weighted by molar-refractivity contribution is 9.10. The Labute approximate surface area is 133 Å². The van der Waals surface area contributed by atoms with E-state index in [1.54, 1.807) is 12.1 Å². The van der Waals surface area contributed by atoms with Crippen molar-refractivity contribution in [3.05, 3.63) is 28.5 Å². The number of nitrogens with zero attached hydrogens (tertiary/aromatic N) is 1. The number of nitrogens with one attached hydrogen (secondary N) is 1. The number of nitriles is 1. The van der Waals surface area contributed by atoms with Crippen molar-refractivity contribution in [2.45, 2.75) is 38.5 Å². The second-order valence-corrected chi connectivity index (χ2v) is 7.47. The van der Waals surface area contributed by atoms with Crippen LogP contribution < -0.4 is 5.32 Å². The lowest BCUT2D eigenvalue weighted by molar-refractivity contribution is 0.0643. The number of anilines is 1. The van der Waals surface area contributed by atoms with Crippen LogP contribution in [-0.2, 0) is 0 Å². The zero-order chi connectivity index (χ0) is 14.9. The van der Waals surface area contributed by atoms with Crippen molar-refractivity contribution in [2.75, 3.05) is 11.9 Å². The van der Waals surface area contributed by atoms with Gasteiger partial charge in [-0.15, -0.1) is 0 Å². The monoisotopic (exact) mass is 350 g/mol. The first kappa shape index (κ1) is 14.8. The van der Waals surface area contributed by atoms with E-state index in [4.69, 9.17) is 0 Å². The van der Waals surface area contributed by atoms with E-state index in [2.05, 4.69) is 27.3 Å². The van der Waals surface area contributed by atoms with Gasteiger partial charge in [0.15, 0.2) is 0 Å². The third-order valence-corrected chi connectivity index (χ3v) is 5.89. The molecule has 3 atom stereocenters. The second kappa shape index (κ2) is 5.96. The number of rotatable bonds is 3. The highest BCUT2D eigenvalue weighted by atomic mass is 79.9. The molecule has 2 aliphatic carbocycles. The molecule has 0 aromatic heterocycles. The van der Waals surface area contributed by atoms with Crippen molar-refractivity contribution < 1.29 is 4.39 Å². The van der Waals surface area contributed by atoms with Crippen LogP contribution in [-0.4, -0.2) is 6.54 Å². The Morgan fingerprint density at radius 1 is 1.38 bits per heavy atom. The molecule has 2 aliphatic rings. The van der Waals surface area contributed by atoms with E-state index in [0.717, 1.165) is 25.1 Å². The van der Waals surface area contributed by atoms with Crippen molar-refractivity contribution in [3.8, 4) is 6.07 Å². The van der Waals surface area contributed by atoms with Crippen LogP contribution in [0.25, 0.3) is 0 Å². The van der Waals surface area contributed by atoms with Crippen LogP contribution in [0.5, 0.6) is 0 Å². The van der Waals surface area contributed by atoms with Crippen LogP contribution in [0.4, 0.5) is 10.1 Å². The van der Waals surface area contributed by atoms with Crippen LogP contribution in [0, 0.1) is 34.4 Å². The van der Waals surface area contributed by atoms with Crippen molar-refractivity contribution in [2.24, 2.45) is 17.3 Å². The Morgan fingerprint density at radius 3 is 3.00 bits per heavy atom. The van der Waals surface area contributed by atoms with E-state index < -0.39 is 0 Å². The van der Waals surface area contributed by atoms with E-state index in [1.807, 2.05) is 0 Å². The summed E-state index contributed by atoms with van der Waals surface area (Å²) < 4.78 is 13.8. The lowest BCUT2D eigenvalue weighted by atomic mass is 9.59. The molecule has 3 rings (SSSR count). The third kappa shape index (κ3) is 3.08. The van der Waals surface area contributed by atoms with Gasteiger partial charge in [0.25, 0.3) is 0 Å². The van der Waals surface area contributed by atoms with E-state index in [9.17, 15) is 9.65 Å². The van der Waals surface area contributed by atoms with Gasteiger partial charge in [-0.2, -0.15) is 5.26 Å². The van der Waals surface area contributed by atoms with Crippen molar-refractivity contribution >= 4 is 21.6 Å². The van der Waals surface area contributed by atoms with Gasteiger partial charge in [-0.3, -0.25) is 0 Å². The fourth-order valence-electron chi connectivity index (χ4n) is 4.08. The number of fused-ring (bicyclic) bond motifs is 2. The van der Waals surface area contributed by atoms with Gasteiger partial charge in [0, 0.05) is 18.2 Å². The predicted octanol–water partition coefficient (Wildman–Crippen LogP) is 5.11. The van der Waals surface area contributed by atoms with E-state index >= 15 is 0 Å². The summed E-state index contributed by atoms with van der Waals surface area (Å²) in [5, 5.41) is 12.7. The largest absolute Gasteiger partial charge is 0.384 e. The molecule has 21 heavy (non-hydrogen) atoms. The number of halogens is 2. The molecule has 112 valence electrons. The molecule has 2 bridgehead atoms. The van der Waals surface area contributed by atoms with Crippen molar-refractivity contribution in [3.63, 3.8) is 0 Å². The van der Waals surface area contributed by atoms with Gasteiger partial charge in [0.2, 0.25) is 0 Å². The van der Waals surface area contributed by atoms with Gasteiger partial charge in [0.05, 0.1) is 10.5 Å². The summed E-state index contributed by atoms with van der Waals surface area (Å²) in [7, 11) is 0. The zero-order valence-corrected chi connectivity index (χ0v) is 13.6. The number of hydrogen-bond donors (Lipinski definition) is 1. The van der Waals surface area contributed by atoms with Gasteiger partial charge >= 0.3 is 0 Å². The van der Waals surface area contributed by atoms with Crippen LogP contribution in [0.2, 0.25) is 0 Å². The zero-order valence-electron chi connectivity index (χ0n) is 12.0. The van der Waals surface area contributed by atoms with E-state index in [0.29, 0.717) is 15.8 Å². The second-order valence-electron chi connectivity index (χ2n) is 6.61. The predicted molar refractivity (Wildman–Crippen MR) is 85.3 cm³/mol. The topological polar surface area (TPSA) is 35.8 Å². The molecule has 1 aromatic rings. The Balaban J connectivity index is 1.67. The Bertz CT molecular complexity index is 568. The minimum atomic E-state index is -0.231. The lowest BCUT2D eigenvalue weighted by Crippen LogP contribution is -2.41. The molecule has 0 aliphatic heterocycles. The quantitative estimate of drug-likeness (QED) is 0.821. The van der Waals surface area contributed by atoms with Crippen molar-refractivity contribution in [1.82, 2.24) is 0 Å². The minimum absolute atomic E-state index is 0.231. The average molecular weight is 351 g/mol. The van der Waals surface area contributed by atoms with Crippen LogP contribution >= 0.6 is 15.9 Å². The first-order valence-corrected chi connectivity index (χ1v) is 8.50. The average Bonchev–Trinajstić information content (AvgIpc) is 2.49. The molecule has 2 nitrogen and oxygen atoms in total. The molecule has 0 amide bonds. The molecule has 4 heteroatoms. The summed E-state index contributed by atoms with van der Waals surface area (Å²) in [4.78, 5) is 0. The molecule has 0 heterocycles. The van der Waals surface area contributed by atoms with Gasteiger partial charge in [0.1, 0.15) is 5.82 Å². The number of benzene rings is 1. The van der Waals surface area contributed by atoms with E-state index in [1.165, 1.54) is 31.7 Å². The Morgan fingerprint density at radius 2 is 2.24 bits per heavy atom. The fraction of sp³-hybridized carbons (Fsp3) is 0.588. The first-order chi connectivity index (χ1) is 10.1. The van der Waals surface area contributed by atoms with Gasteiger partial charge < -0.3 is 5.32 Å². The standard InChI is InChI=1S/C17H20BrFN2/c18-15-8-14(3-4-16(15)19)21-11-17-6-1-2-12(9-17)13(10-20)5-7-17/h3-4,8,12-13,21H,1-2,5-7,9,11H2. The fourth-order valence-corrected chi connectivity index (χ4v) is 4.46. The molecule has 0 saturated heterocycles. The van der Waals surface area contributed by atoms with Gasteiger partial charge in [-0.25, -0.2) is 4.39 Å². The molecular weight excluding hydrogens is 331 g/mol. The maximum absolute atomic E-state index is 13.3. The maximum Gasteiger partial charge on any atom is 0.137 e. The lowest BCUT2D eigenvalue weighted by Gasteiger charge is -2.47. The first-order valence-electron chi connectivity index (χ1n) is 7.70. The molecular formula is C17H20BrFN2. The molecule has 0 radical (unpaired) electrons.